The molecule has 0 saturated carbocycles. The summed E-state index contributed by atoms with van der Waals surface area (Å²) in [6.45, 7) is 0.484. The fraction of sp³-hybridized carbons (Fsp3) is 0.143. The second-order valence-corrected chi connectivity index (χ2v) is 3.05. The van der Waals surface area contributed by atoms with Crippen molar-refractivity contribution >= 4 is 27.5 Å². The van der Waals surface area contributed by atoms with E-state index in [1.165, 1.54) is 0 Å². The predicted molar refractivity (Wildman–Crippen MR) is 45.9 cm³/mol. The van der Waals surface area contributed by atoms with Crippen molar-refractivity contribution < 1.29 is 0 Å². The third-order valence-corrected chi connectivity index (χ3v) is 2.64. The molecule has 1 radical (unpaired) electrons. The first-order valence-electron chi connectivity index (χ1n) is 2.79. The molecule has 0 amide bonds. The molecule has 0 atom stereocenters. The highest BCUT2D eigenvalue weighted by molar-refractivity contribution is 9.10. The smallest absolute Gasteiger partial charge is 0.0557 e. The first-order chi connectivity index (χ1) is 4.75. The van der Waals surface area contributed by atoms with Crippen molar-refractivity contribution in [2.24, 2.45) is 5.73 Å². The average molecular weight is 219 g/mol. The van der Waals surface area contributed by atoms with Crippen LogP contribution in [0.5, 0.6) is 0 Å². The molecule has 3 heteroatoms. The van der Waals surface area contributed by atoms with E-state index < -0.39 is 0 Å². The van der Waals surface area contributed by atoms with Crippen LogP contribution in [-0.4, -0.2) is 0 Å². The normalized spacial score (nSPS) is 9.90. The summed E-state index contributed by atoms with van der Waals surface area (Å²) < 4.78 is 0.871. The van der Waals surface area contributed by atoms with Crippen molar-refractivity contribution in [3.05, 3.63) is 33.3 Å². The van der Waals surface area contributed by atoms with E-state index in [9.17, 15) is 0 Å². The fourth-order valence-corrected chi connectivity index (χ4v) is 1.22. The number of nitrogens with two attached hydrogens (primary N) is 1. The predicted octanol–water partition coefficient (Wildman–Crippen LogP) is 2.36. The van der Waals surface area contributed by atoms with Gasteiger partial charge in [0.05, 0.1) is 5.02 Å². The molecule has 0 fully saturated rings. The topological polar surface area (TPSA) is 26.0 Å². The van der Waals surface area contributed by atoms with E-state index in [2.05, 4.69) is 22.0 Å². The van der Waals surface area contributed by atoms with Crippen LogP contribution in [0.1, 0.15) is 5.56 Å². The molecule has 0 aliphatic rings. The quantitative estimate of drug-likeness (QED) is 0.771. The Hall–Kier alpha value is -0.0500. The Morgan fingerprint density at radius 3 is 2.80 bits per heavy atom. The first-order valence-corrected chi connectivity index (χ1v) is 3.97. The molecule has 1 nitrogen and oxygen atoms in total. The molecule has 0 aliphatic heterocycles. The van der Waals surface area contributed by atoms with Gasteiger partial charge >= 0.3 is 0 Å². The van der Waals surface area contributed by atoms with E-state index in [0.717, 1.165) is 10.0 Å². The van der Waals surface area contributed by atoms with E-state index in [-0.39, 0.29) is 0 Å². The first kappa shape index (κ1) is 8.05. The van der Waals surface area contributed by atoms with E-state index >= 15 is 0 Å². The Bertz CT molecular complexity index is 237. The van der Waals surface area contributed by atoms with Crippen molar-refractivity contribution in [2.75, 3.05) is 0 Å². The molecule has 0 bridgehead atoms. The minimum absolute atomic E-state index is 0.484. The zero-order chi connectivity index (χ0) is 7.56. The molecule has 0 saturated heterocycles. The van der Waals surface area contributed by atoms with Crippen LogP contribution in [0.3, 0.4) is 0 Å². The van der Waals surface area contributed by atoms with Crippen LogP contribution < -0.4 is 5.73 Å². The number of hydrogen-bond acceptors (Lipinski definition) is 1. The molecule has 53 valence electrons. The van der Waals surface area contributed by atoms with Crippen LogP contribution in [0.4, 0.5) is 0 Å². The van der Waals surface area contributed by atoms with E-state index in [1.54, 1.807) is 6.07 Å². The van der Waals surface area contributed by atoms with Gasteiger partial charge in [0.2, 0.25) is 0 Å². The number of hydrogen-bond donors (Lipinski definition) is 1. The summed E-state index contributed by atoms with van der Waals surface area (Å²) in [7, 11) is 0. The lowest BCUT2D eigenvalue weighted by Crippen LogP contribution is -1.96. The maximum atomic E-state index is 5.76. The SMILES string of the molecule is NCc1c[c]cc(Cl)c1Br. The molecule has 0 aromatic heterocycles. The molecule has 1 aromatic carbocycles. The lowest BCUT2D eigenvalue weighted by molar-refractivity contribution is 1.06. The molecule has 0 aliphatic carbocycles. The van der Waals surface area contributed by atoms with Gasteiger partial charge in [-0.3, -0.25) is 0 Å². The van der Waals surface area contributed by atoms with Crippen LogP contribution in [0.25, 0.3) is 0 Å². The number of rotatable bonds is 1. The third-order valence-electron chi connectivity index (χ3n) is 1.18. The second kappa shape index (κ2) is 3.37. The van der Waals surface area contributed by atoms with Gasteiger partial charge in [-0.15, -0.1) is 0 Å². The second-order valence-electron chi connectivity index (χ2n) is 1.85. The van der Waals surface area contributed by atoms with Crippen LogP contribution in [-0.2, 0) is 6.54 Å². The maximum Gasteiger partial charge on any atom is 0.0557 e. The highest BCUT2D eigenvalue weighted by atomic mass is 79.9. The standard InChI is InChI=1S/C7H6BrClN/c8-7-5(4-10)2-1-3-6(7)9/h2-3H,4,10H2. The summed E-state index contributed by atoms with van der Waals surface area (Å²) in [6.07, 6.45) is 0. The molecule has 1 rings (SSSR count). The summed E-state index contributed by atoms with van der Waals surface area (Å²) in [6, 6.07) is 6.39. The largest absolute Gasteiger partial charge is 0.326 e. The van der Waals surface area contributed by atoms with Gasteiger partial charge in [0.15, 0.2) is 0 Å². The highest BCUT2D eigenvalue weighted by Crippen LogP contribution is 2.25. The number of halogens is 2. The van der Waals surface area contributed by atoms with Gasteiger partial charge in [-0.25, -0.2) is 0 Å². The lowest BCUT2D eigenvalue weighted by Gasteiger charge is -2.00. The lowest BCUT2D eigenvalue weighted by atomic mass is 10.2. The monoisotopic (exact) mass is 218 g/mol. The van der Waals surface area contributed by atoms with Gasteiger partial charge in [0.25, 0.3) is 0 Å². The Morgan fingerprint density at radius 1 is 1.60 bits per heavy atom. The highest BCUT2D eigenvalue weighted by Gasteiger charge is 1.99. The van der Waals surface area contributed by atoms with Gasteiger partial charge < -0.3 is 5.73 Å². The summed E-state index contributed by atoms with van der Waals surface area (Å²) in [5, 5.41) is 0.656. The third kappa shape index (κ3) is 1.51. The van der Waals surface area contributed by atoms with Gasteiger partial charge in [0.1, 0.15) is 0 Å². The van der Waals surface area contributed by atoms with Crippen molar-refractivity contribution in [2.45, 2.75) is 6.54 Å². The molecular formula is C7H6BrClN. The van der Waals surface area contributed by atoms with Crippen LogP contribution in [0.15, 0.2) is 16.6 Å². The molecule has 0 unspecified atom stereocenters. The molecular weight excluding hydrogens is 213 g/mol. The van der Waals surface area contributed by atoms with Gasteiger partial charge in [-0.2, -0.15) is 0 Å². The summed E-state index contributed by atoms with van der Waals surface area (Å²) in [5.74, 6) is 0. The van der Waals surface area contributed by atoms with Crippen LogP contribution in [0.2, 0.25) is 5.02 Å². The Labute approximate surface area is 73.3 Å². The maximum absolute atomic E-state index is 5.76. The van der Waals surface area contributed by atoms with Crippen molar-refractivity contribution in [1.82, 2.24) is 0 Å². The van der Waals surface area contributed by atoms with Crippen LogP contribution in [0, 0.1) is 6.07 Å². The summed E-state index contributed by atoms with van der Waals surface area (Å²) in [5.41, 5.74) is 6.39. The van der Waals surface area contributed by atoms with E-state index in [0.29, 0.717) is 11.6 Å². The molecule has 0 spiro atoms. The van der Waals surface area contributed by atoms with Gasteiger partial charge in [0, 0.05) is 11.0 Å². The van der Waals surface area contributed by atoms with Gasteiger partial charge in [-0.05, 0) is 39.7 Å². The molecule has 0 heterocycles. The Morgan fingerprint density at radius 2 is 2.30 bits per heavy atom. The molecule has 1 aromatic rings. The van der Waals surface area contributed by atoms with E-state index in [1.807, 2.05) is 6.07 Å². The zero-order valence-electron chi connectivity index (χ0n) is 5.20. The van der Waals surface area contributed by atoms with Crippen molar-refractivity contribution in [1.29, 1.82) is 0 Å². The zero-order valence-corrected chi connectivity index (χ0v) is 7.54. The number of benzene rings is 1. The molecule has 10 heavy (non-hydrogen) atoms. The van der Waals surface area contributed by atoms with Crippen molar-refractivity contribution in [3.63, 3.8) is 0 Å². The Kier molecular flexibility index (Phi) is 2.72. The van der Waals surface area contributed by atoms with Gasteiger partial charge in [-0.1, -0.05) is 11.6 Å². The minimum atomic E-state index is 0.484. The minimum Gasteiger partial charge on any atom is -0.326 e. The van der Waals surface area contributed by atoms with Crippen LogP contribution >= 0.6 is 27.5 Å². The molecule has 2 N–H and O–H groups in total. The van der Waals surface area contributed by atoms with E-state index in [4.69, 9.17) is 17.3 Å². The Balaban J connectivity index is 3.14. The fourth-order valence-electron chi connectivity index (χ4n) is 0.644. The summed E-state index contributed by atoms with van der Waals surface area (Å²) >= 11 is 9.07. The van der Waals surface area contributed by atoms with Crippen molar-refractivity contribution in [3.8, 4) is 0 Å². The average Bonchev–Trinajstić information content (AvgIpc) is 1.95. The summed E-state index contributed by atoms with van der Waals surface area (Å²) in [4.78, 5) is 0.